The van der Waals surface area contributed by atoms with Gasteiger partial charge in [0.25, 0.3) is 0 Å². The molecule has 1 amide bonds. The molecule has 0 fully saturated rings. The third-order valence-electron chi connectivity index (χ3n) is 10.6. The number of aliphatic hydroxyl groups is 2. The van der Waals surface area contributed by atoms with E-state index in [9.17, 15) is 19.8 Å². The van der Waals surface area contributed by atoms with Gasteiger partial charge in [-0.05, 0) is 44.9 Å². The minimum atomic E-state index is -0.810. The van der Waals surface area contributed by atoms with E-state index in [2.05, 4.69) is 74.7 Å². The molecule has 6 heteroatoms. The number of nitrogens with one attached hydrogen (secondary N) is 1. The lowest BCUT2D eigenvalue weighted by atomic mass is 10.0. The smallest absolute Gasteiger partial charge is 0.306 e. The van der Waals surface area contributed by atoms with Crippen molar-refractivity contribution >= 4 is 11.9 Å². The summed E-state index contributed by atoms with van der Waals surface area (Å²) >= 11 is 0. The number of aliphatic hydroxyl groups excluding tert-OH is 2. The predicted octanol–water partition coefficient (Wildman–Crippen LogP) is 14.1. The average molecular weight is 798 g/mol. The molecule has 0 spiro atoms. The fourth-order valence-corrected chi connectivity index (χ4v) is 6.98. The number of esters is 1. The van der Waals surface area contributed by atoms with Crippen LogP contribution in [0.1, 0.15) is 226 Å². The summed E-state index contributed by atoms with van der Waals surface area (Å²) in [7, 11) is 0. The van der Waals surface area contributed by atoms with E-state index in [0.717, 1.165) is 70.6 Å². The van der Waals surface area contributed by atoms with Crippen LogP contribution in [0.5, 0.6) is 0 Å². The third-order valence-corrected chi connectivity index (χ3v) is 10.6. The van der Waals surface area contributed by atoms with Crippen LogP contribution in [-0.2, 0) is 14.3 Å². The Balaban J connectivity index is 4.75. The van der Waals surface area contributed by atoms with Crippen molar-refractivity contribution in [3.05, 3.63) is 60.8 Å². The zero-order valence-electron chi connectivity index (χ0n) is 37.5. The monoisotopic (exact) mass is 798 g/mol. The molecule has 3 unspecified atom stereocenters. The Morgan fingerprint density at radius 1 is 0.526 bits per heavy atom. The first-order chi connectivity index (χ1) is 28.0. The minimum absolute atomic E-state index is 0.000159. The minimum Gasteiger partial charge on any atom is -0.461 e. The lowest BCUT2D eigenvalue weighted by Crippen LogP contribution is -2.46. The van der Waals surface area contributed by atoms with Crippen LogP contribution in [0.15, 0.2) is 60.8 Å². The van der Waals surface area contributed by atoms with E-state index in [-0.39, 0.29) is 24.9 Å². The summed E-state index contributed by atoms with van der Waals surface area (Å²) in [6.07, 6.45) is 54.4. The van der Waals surface area contributed by atoms with Gasteiger partial charge >= 0.3 is 5.97 Å². The first kappa shape index (κ1) is 54.6. The highest BCUT2D eigenvalue weighted by Crippen LogP contribution is 2.16. The Bertz CT molecular complexity index is 1030. The molecule has 0 saturated heterocycles. The van der Waals surface area contributed by atoms with E-state index in [1.807, 2.05) is 12.2 Å². The quantitative estimate of drug-likeness (QED) is 0.0325. The van der Waals surface area contributed by atoms with E-state index >= 15 is 0 Å². The van der Waals surface area contributed by atoms with Gasteiger partial charge in [0, 0.05) is 12.8 Å². The molecule has 0 heterocycles. The highest BCUT2D eigenvalue weighted by molar-refractivity contribution is 5.77. The number of carbonyl (C=O) groups excluding carboxylic acids is 2. The zero-order chi connectivity index (χ0) is 41.7. The van der Waals surface area contributed by atoms with Crippen molar-refractivity contribution in [2.45, 2.75) is 244 Å². The molecule has 0 radical (unpaired) electrons. The van der Waals surface area contributed by atoms with Crippen LogP contribution < -0.4 is 5.32 Å². The van der Waals surface area contributed by atoms with Gasteiger partial charge < -0.3 is 20.3 Å². The SMILES string of the molecule is CC/C=C\C/C=C\C/C=C\C/C=C\C/C=C\CC(CC(=O)NC(CO)C(O)CCCCCCCCCCCCC)OC(=O)CCCCCCCCCCCCCC. The second-order valence-electron chi connectivity index (χ2n) is 16.1. The first-order valence-electron chi connectivity index (χ1n) is 24.0. The molecule has 3 N–H and O–H groups in total. The van der Waals surface area contributed by atoms with Crippen LogP contribution in [0.3, 0.4) is 0 Å². The Morgan fingerprint density at radius 3 is 1.33 bits per heavy atom. The van der Waals surface area contributed by atoms with Crippen molar-refractivity contribution < 1.29 is 24.5 Å². The maximum absolute atomic E-state index is 13.1. The van der Waals surface area contributed by atoms with Gasteiger partial charge in [0.2, 0.25) is 5.91 Å². The number of hydrogen-bond acceptors (Lipinski definition) is 5. The molecule has 330 valence electrons. The maximum atomic E-state index is 13.1. The zero-order valence-corrected chi connectivity index (χ0v) is 37.5. The van der Waals surface area contributed by atoms with Crippen molar-refractivity contribution in [2.75, 3.05) is 6.61 Å². The fraction of sp³-hybridized carbons (Fsp3) is 0.765. The summed E-state index contributed by atoms with van der Waals surface area (Å²) in [6.45, 7) is 6.32. The lowest BCUT2D eigenvalue weighted by Gasteiger charge is -2.24. The van der Waals surface area contributed by atoms with Crippen LogP contribution in [0.2, 0.25) is 0 Å². The summed E-state index contributed by atoms with van der Waals surface area (Å²) in [6, 6.07) is -0.730. The standard InChI is InChI=1S/C51H91NO5/c1-4-7-10-13-16-19-22-24-25-26-28-30-33-36-39-42-47(57-51(56)44-41-38-35-32-29-23-20-17-14-11-8-5-2)45-50(55)52-48(46-53)49(54)43-40-37-34-31-27-21-18-15-12-9-6-3/h7,10,16,19,24-25,28,30,36,39,47-49,53-54H,4-6,8-9,11-15,17-18,20-23,26-27,29,31-35,37-38,40-46H2,1-3H3,(H,52,55)/b10-7-,19-16-,25-24-,30-28-,39-36-. The third kappa shape index (κ3) is 40.1. The van der Waals surface area contributed by atoms with E-state index in [0.29, 0.717) is 19.3 Å². The molecule has 6 nitrogen and oxygen atoms in total. The molecule has 0 aromatic carbocycles. The van der Waals surface area contributed by atoms with Crippen molar-refractivity contribution in [3.63, 3.8) is 0 Å². The van der Waals surface area contributed by atoms with E-state index in [1.165, 1.54) is 109 Å². The average Bonchev–Trinajstić information content (AvgIpc) is 3.20. The molecule has 0 saturated carbocycles. The maximum Gasteiger partial charge on any atom is 0.306 e. The largest absolute Gasteiger partial charge is 0.461 e. The van der Waals surface area contributed by atoms with Gasteiger partial charge in [0.1, 0.15) is 6.10 Å². The number of rotatable bonds is 42. The Morgan fingerprint density at radius 2 is 0.912 bits per heavy atom. The molecule has 0 aliphatic rings. The van der Waals surface area contributed by atoms with Gasteiger partial charge in [-0.25, -0.2) is 0 Å². The molecule has 3 atom stereocenters. The lowest BCUT2D eigenvalue weighted by molar-refractivity contribution is -0.150. The number of carbonyl (C=O) groups is 2. The van der Waals surface area contributed by atoms with Crippen LogP contribution in [-0.4, -0.2) is 46.9 Å². The second kappa shape index (κ2) is 44.7. The molecule has 0 rings (SSSR count). The van der Waals surface area contributed by atoms with Gasteiger partial charge in [-0.3, -0.25) is 9.59 Å². The van der Waals surface area contributed by atoms with Crippen molar-refractivity contribution in [3.8, 4) is 0 Å². The number of unbranched alkanes of at least 4 members (excludes halogenated alkanes) is 21. The highest BCUT2D eigenvalue weighted by atomic mass is 16.5. The molecule has 0 aliphatic carbocycles. The van der Waals surface area contributed by atoms with Crippen molar-refractivity contribution in [1.82, 2.24) is 5.32 Å². The topological polar surface area (TPSA) is 95.9 Å². The molecule has 0 aromatic rings. The van der Waals surface area contributed by atoms with Gasteiger partial charge in [-0.2, -0.15) is 0 Å². The molecule has 0 aromatic heterocycles. The molecular formula is C51H91NO5. The fourth-order valence-electron chi connectivity index (χ4n) is 6.98. The number of allylic oxidation sites excluding steroid dienone is 9. The normalized spacial score (nSPS) is 13.8. The summed E-state index contributed by atoms with van der Waals surface area (Å²) in [4.78, 5) is 26.0. The molecular weight excluding hydrogens is 707 g/mol. The Kier molecular flexibility index (Phi) is 42.7. The van der Waals surface area contributed by atoms with Crippen LogP contribution >= 0.6 is 0 Å². The summed E-state index contributed by atoms with van der Waals surface area (Å²) in [5, 5.41) is 23.6. The van der Waals surface area contributed by atoms with Crippen LogP contribution in [0.25, 0.3) is 0 Å². The number of ether oxygens (including phenoxy) is 1. The summed E-state index contributed by atoms with van der Waals surface area (Å²) < 4.78 is 5.85. The Hall–Kier alpha value is -2.44. The predicted molar refractivity (Wildman–Crippen MR) is 245 cm³/mol. The van der Waals surface area contributed by atoms with Crippen molar-refractivity contribution in [1.29, 1.82) is 0 Å². The van der Waals surface area contributed by atoms with Gasteiger partial charge in [0.05, 0.1) is 25.2 Å². The molecule has 57 heavy (non-hydrogen) atoms. The van der Waals surface area contributed by atoms with Crippen LogP contribution in [0, 0.1) is 0 Å². The molecule has 0 bridgehead atoms. The van der Waals surface area contributed by atoms with E-state index in [1.54, 1.807) is 0 Å². The Labute approximate surface area is 352 Å². The highest BCUT2D eigenvalue weighted by Gasteiger charge is 2.23. The second-order valence-corrected chi connectivity index (χ2v) is 16.1. The van der Waals surface area contributed by atoms with Gasteiger partial charge in [-0.1, -0.05) is 223 Å². The van der Waals surface area contributed by atoms with E-state index < -0.39 is 18.2 Å². The number of amides is 1. The van der Waals surface area contributed by atoms with Gasteiger partial charge in [-0.15, -0.1) is 0 Å². The first-order valence-corrected chi connectivity index (χ1v) is 24.0. The number of hydrogen-bond donors (Lipinski definition) is 3. The summed E-state index contributed by atoms with van der Waals surface area (Å²) in [5.41, 5.74) is 0. The summed E-state index contributed by atoms with van der Waals surface area (Å²) in [5.74, 6) is -0.579. The van der Waals surface area contributed by atoms with Crippen LogP contribution in [0.4, 0.5) is 0 Å². The van der Waals surface area contributed by atoms with E-state index in [4.69, 9.17) is 4.74 Å². The van der Waals surface area contributed by atoms with Gasteiger partial charge in [0.15, 0.2) is 0 Å². The van der Waals surface area contributed by atoms with Crippen molar-refractivity contribution in [2.24, 2.45) is 0 Å². The molecule has 0 aliphatic heterocycles.